The summed E-state index contributed by atoms with van der Waals surface area (Å²) >= 11 is 0. The molecule has 1 atom stereocenters. The van der Waals surface area contributed by atoms with Crippen LogP contribution in [0.4, 0.5) is 17.1 Å². The quantitative estimate of drug-likeness (QED) is 0.592. The number of para-hydroxylation sites is 2. The summed E-state index contributed by atoms with van der Waals surface area (Å²) in [5.41, 5.74) is 3.75. The zero-order valence-corrected chi connectivity index (χ0v) is 18.3. The molecule has 0 spiro atoms. The number of nitrogens with one attached hydrogen (secondary N) is 1. The van der Waals surface area contributed by atoms with Gasteiger partial charge < -0.3 is 15.0 Å². The molecule has 4 rings (SSSR count). The van der Waals surface area contributed by atoms with E-state index in [0.717, 1.165) is 11.3 Å². The Kier molecular flexibility index (Phi) is 5.94. The average molecular weight is 428 g/mol. The van der Waals surface area contributed by atoms with E-state index in [1.807, 2.05) is 104 Å². The molecule has 0 radical (unpaired) electrons. The van der Waals surface area contributed by atoms with Crippen LogP contribution >= 0.6 is 0 Å². The molecule has 1 amide bonds. The van der Waals surface area contributed by atoms with E-state index >= 15 is 0 Å². The first-order chi connectivity index (χ1) is 15.5. The third kappa shape index (κ3) is 3.95. The number of nitrogens with zero attached hydrogens (tertiary/aromatic N) is 2. The van der Waals surface area contributed by atoms with Gasteiger partial charge in [-0.05, 0) is 42.0 Å². The van der Waals surface area contributed by atoms with Gasteiger partial charge in [0.05, 0.1) is 18.7 Å². The molecule has 32 heavy (non-hydrogen) atoms. The smallest absolute Gasteiger partial charge is 0.338 e. The number of carbonyl (C=O) groups is 2. The monoisotopic (exact) mass is 427 g/mol. The molecule has 0 aliphatic carbocycles. The Bertz CT molecular complexity index is 1140. The molecular formula is C26H25N3O3. The van der Waals surface area contributed by atoms with Gasteiger partial charge in [0.15, 0.2) is 0 Å². The van der Waals surface area contributed by atoms with Gasteiger partial charge in [0, 0.05) is 31.2 Å². The Morgan fingerprint density at radius 1 is 0.906 bits per heavy atom. The van der Waals surface area contributed by atoms with Crippen molar-refractivity contribution in [3.8, 4) is 0 Å². The van der Waals surface area contributed by atoms with Gasteiger partial charge in [0.1, 0.15) is 5.70 Å². The fraction of sp³-hybridized carbons (Fsp3) is 0.154. The normalized spacial score (nSPS) is 15.7. The molecule has 0 aromatic heterocycles. The van der Waals surface area contributed by atoms with Crippen molar-refractivity contribution < 1.29 is 14.3 Å². The van der Waals surface area contributed by atoms with E-state index in [0.29, 0.717) is 11.4 Å². The van der Waals surface area contributed by atoms with E-state index < -0.39 is 12.0 Å². The van der Waals surface area contributed by atoms with Gasteiger partial charge in [0.2, 0.25) is 0 Å². The summed E-state index contributed by atoms with van der Waals surface area (Å²) in [6, 6.07) is 25.9. The minimum Gasteiger partial charge on any atom is -0.466 e. The second kappa shape index (κ2) is 8.98. The Morgan fingerprint density at radius 2 is 1.50 bits per heavy atom. The number of carbonyl (C=O) groups excluding carboxylic acids is 2. The van der Waals surface area contributed by atoms with Gasteiger partial charge in [-0.1, -0.05) is 48.5 Å². The van der Waals surface area contributed by atoms with Crippen LogP contribution in [0.5, 0.6) is 0 Å². The summed E-state index contributed by atoms with van der Waals surface area (Å²) in [4.78, 5) is 30.3. The van der Waals surface area contributed by atoms with Crippen LogP contribution in [-0.4, -0.2) is 33.1 Å². The number of benzene rings is 3. The molecule has 1 aliphatic heterocycles. The van der Waals surface area contributed by atoms with Crippen LogP contribution in [0.25, 0.3) is 0 Å². The van der Waals surface area contributed by atoms with Crippen molar-refractivity contribution in [3.05, 3.63) is 102 Å². The number of amides is 1. The highest BCUT2D eigenvalue weighted by atomic mass is 16.5. The Labute approximate surface area is 187 Å². The highest BCUT2D eigenvalue weighted by Crippen LogP contribution is 2.42. The molecular weight excluding hydrogens is 402 g/mol. The number of esters is 1. The van der Waals surface area contributed by atoms with Crippen LogP contribution in [0, 0.1) is 0 Å². The number of hydrogen-bond acceptors (Lipinski definition) is 5. The van der Waals surface area contributed by atoms with Crippen molar-refractivity contribution >= 4 is 28.9 Å². The maximum absolute atomic E-state index is 13.7. The van der Waals surface area contributed by atoms with Crippen LogP contribution in [0.1, 0.15) is 11.6 Å². The predicted molar refractivity (Wildman–Crippen MR) is 127 cm³/mol. The zero-order valence-electron chi connectivity index (χ0n) is 18.3. The van der Waals surface area contributed by atoms with E-state index in [1.54, 1.807) is 4.90 Å². The minimum atomic E-state index is -0.625. The third-order valence-corrected chi connectivity index (χ3v) is 5.44. The molecule has 0 fully saturated rings. The van der Waals surface area contributed by atoms with Gasteiger partial charge in [-0.2, -0.15) is 0 Å². The molecule has 1 unspecified atom stereocenters. The molecule has 6 heteroatoms. The average Bonchev–Trinajstić information content (AvgIpc) is 3.11. The maximum atomic E-state index is 13.7. The first kappa shape index (κ1) is 21.2. The number of anilines is 3. The Balaban J connectivity index is 1.88. The first-order valence-corrected chi connectivity index (χ1v) is 10.3. The molecule has 162 valence electrons. The van der Waals surface area contributed by atoms with E-state index in [4.69, 9.17) is 4.74 Å². The molecule has 1 aliphatic rings. The lowest BCUT2D eigenvalue weighted by molar-refractivity contribution is -0.136. The summed E-state index contributed by atoms with van der Waals surface area (Å²) in [7, 11) is 5.26. The number of ether oxygens (including phenoxy) is 1. The van der Waals surface area contributed by atoms with E-state index in [-0.39, 0.29) is 17.2 Å². The van der Waals surface area contributed by atoms with Crippen LogP contribution < -0.4 is 15.1 Å². The number of rotatable bonds is 6. The van der Waals surface area contributed by atoms with Gasteiger partial charge >= 0.3 is 5.97 Å². The lowest BCUT2D eigenvalue weighted by Crippen LogP contribution is -2.31. The van der Waals surface area contributed by atoms with Gasteiger partial charge in [-0.3, -0.25) is 9.69 Å². The fourth-order valence-electron chi connectivity index (χ4n) is 3.85. The zero-order chi connectivity index (χ0) is 22.7. The highest BCUT2D eigenvalue weighted by Gasteiger charge is 2.45. The van der Waals surface area contributed by atoms with E-state index in [9.17, 15) is 9.59 Å². The molecule has 3 aromatic carbocycles. The Hall–Kier alpha value is -4.06. The molecule has 1 N–H and O–H groups in total. The summed E-state index contributed by atoms with van der Waals surface area (Å²) in [5, 5.41) is 3.16. The maximum Gasteiger partial charge on any atom is 0.338 e. The van der Waals surface area contributed by atoms with E-state index in [1.165, 1.54) is 7.11 Å². The summed E-state index contributed by atoms with van der Waals surface area (Å²) < 4.78 is 5.12. The molecule has 6 nitrogen and oxygen atoms in total. The summed E-state index contributed by atoms with van der Waals surface area (Å²) in [5.74, 6) is -0.834. The molecule has 3 aromatic rings. The minimum absolute atomic E-state index is 0.216. The SMILES string of the molecule is COC(=O)C1=C(Nc2ccccc2)C(=O)N(c2ccccc2)C1c1ccc(N(C)C)cc1. The first-order valence-electron chi connectivity index (χ1n) is 10.3. The fourth-order valence-corrected chi connectivity index (χ4v) is 3.85. The number of hydrogen-bond donors (Lipinski definition) is 1. The molecule has 0 saturated carbocycles. The van der Waals surface area contributed by atoms with Gasteiger partial charge in [-0.15, -0.1) is 0 Å². The van der Waals surface area contributed by atoms with Crippen molar-refractivity contribution in [1.82, 2.24) is 0 Å². The van der Waals surface area contributed by atoms with Crippen molar-refractivity contribution in [3.63, 3.8) is 0 Å². The number of methoxy groups -OCH3 is 1. The summed E-state index contributed by atoms with van der Waals surface area (Å²) in [6.07, 6.45) is 0. The lowest BCUT2D eigenvalue weighted by atomic mass is 9.98. The van der Waals surface area contributed by atoms with Gasteiger partial charge in [0.25, 0.3) is 5.91 Å². The van der Waals surface area contributed by atoms with Crippen LogP contribution in [0.2, 0.25) is 0 Å². The molecule has 0 bridgehead atoms. The lowest BCUT2D eigenvalue weighted by Gasteiger charge is -2.27. The molecule has 1 heterocycles. The van der Waals surface area contributed by atoms with Crippen LogP contribution in [0.3, 0.4) is 0 Å². The highest BCUT2D eigenvalue weighted by molar-refractivity contribution is 6.17. The second-order valence-corrected chi connectivity index (χ2v) is 7.67. The van der Waals surface area contributed by atoms with Crippen molar-refractivity contribution in [2.75, 3.05) is 36.3 Å². The van der Waals surface area contributed by atoms with Crippen LogP contribution in [0.15, 0.2) is 96.2 Å². The van der Waals surface area contributed by atoms with Crippen molar-refractivity contribution in [1.29, 1.82) is 0 Å². The van der Waals surface area contributed by atoms with Crippen molar-refractivity contribution in [2.24, 2.45) is 0 Å². The second-order valence-electron chi connectivity index (χ2n) is 7.67. The van der Waals surface area contributed by atoms with Crippen molar-refractivity contribution in [2.45, 2.75) is 6.04 Å². The van der Waals surface area contributed by atoms with Crippen LogP contribution in [-0.2, 0) is 14.3 Å². The predicted octanol–water partition coefficient (Wildman–Crippen LogP) is 4.38. The molecule has 0 saturated heterocycles. The topological polar surface area (TPSA) is 61.9 Å². The standard InChI is InChI=1S/C26H25N3O3/c1-28(2)20-16-14-18(15-17-20)24-22(26(31)32-3)23(27-19-10-6-4-7-11-19)25(30)29(24)21-12-8-5-9-13-21/h4-17,24,27H,1-3H3. The largest absolute Gasteiger partial charge is 0.466 e. The Morgan fingerprint density at radius 3 is 2.06 bits per heavy atom. The van der Waals surface area contributed by atoms with E-state index in [2.05, 4.69) is 5.32 Å². The summed E-state index contributed by atoms with van der Waals surface area (Å²) in [6.45, 7) is 0. The van der Waals surface area contributed by atoms with Gasteiger partial charge in [-0.25, -0.2) is 4.79 Å². The third-order valence-electron chi connectivity index (χ3n) is 5.44.